The third kappa shape index (κ3) is 3.12. The molecule has 0 aliphatic heterocycles. The molecular weight excluding hydrogens is 293 g/mol. The van der Waals surface area contributed by atoms with Crippen molar-refractivity contribution >= 4 is 33.0 Å². The van der Waals surface area contributed by atoms with Gasteiger partial charge in [0.25, 0.3) is 10.0 Å². The van der Waals surface area contributed by atoms with Gasteiger partial charge in [-0.25, -0.2) is 17.8 Å². The number of pyridine rings is 1. The van der Waals surface area contributed by atoms with Gasteiger partial charge in [0.1, 0.15) is 5.82 Å². The van der Waals surface area contributed by atoms with Crippen molar-refractivity contribution in [1.82, 2.24) is 4.98 Å². The van der Waals surface area contributed by atoms with Gasteiger partial charge in [0.15, 0.2) is 5.15 Å². The molecule has 0 amide bonds. The molecule has 5 nitrogen and oxygen atoms in total. The molecule has 0 aliphatic rings. The lowest BCUT2D eigenvalue weighted by atomic mass is 10.4. The molecule has 8 heteroatoms. The van der Waals surface area contributed by atoms with E-state index in [1.165, 1.54) is 12.3 Å². The Hall–Kier alpha value is -1.86. The Bertz CT molecular complexity index is 704. The number of benzene rings is 1. The number of nitrogens with two attached hydrogens (primary N) is 1. The van der Waals surface area contributed by atoms with Gasteiger partial charge >= 0.3 is 0 Å². The Kier molecular flexibility index (Phi) is 3.59. The summed E-state index contributed by atoms with van der Waals surface area (Å²) in [6.45, 7) is 0. The van der Waals surface area contributed by atoms with Crippen molar-refractivity contribution in [3.8, 4) is 0 Å². The molecule has 19 heavy (non-hydrogen) atoms. The average Bonchev–Trinajstić information content (AvgIpc) is 2.34. The number of hydrogen-bond donors (Lipinski definition) is 2. The van der Waals surface area contributed by atoms with Crippen molar-refractivity contribution in [2.45, 2.75) is 4.90 Å². The third-order valence-corrected chi connectivity index (χ3v) is 3.91. The maximum Gasteiger partial charge on any atom is 0.261 e. The molecule has 1 heterocycles. The number of nitrogens with one attached hydrogen (secondary N) is 1. The molecule has 100 valence electrons. The SMILES string of the molecule is Nc1cnc(Cl)c(NS(=O)(=O)c2ccc(F)cc2)c1. The minimum atomic E-state index is -3.87. The molecule has 0 bridgehead atoms. The van der Waals surface area contributed by atoms with Crippen LogP contribution in [0, 0.1) is 5.82 Å². The summed E-state index contributed by atoms with van der Waals surface area (Å²) in [5, 5.41) is -0.0279. The molecule has 0 fully saturated rings. The zero-order valence-corrected chi connectivity index (χ0v) is 11.0. The van der Waals surface area contributed by atoms with Crippen LogP contribution in [-0.4, -0.2) is 13.4 Å². The van der Waals surface area contributed by atoms with E-state index in [1.54, 1.807) is 0 Å². The van der Waals surface area contributed by atoms with Crippen LogP contribution in [0.15, 0.2) is 41.4 Å². The first-order valence-corrected chi connectivity index (χ1v) is 6.94. The van der Waals surface area contributed by atoms with E-state index in [9.17, 15) is 12.8 Å². The van der Waals surface area contributed by atoms with E-state index < -0.39 is 15.8 Å². The Morgan fingerprint density at radius 2 is 1.89 bits per heavy atom. The van der Waals surface area contributed by atoms with E-state index in [0.29, 0.717) is 0 Å². The number of anilines is 2. The zero-order valence-electron chi connectivity index (χ0n) is 9.47. The quantitative estimate of drug-likeness (QED) is 0.852. The lowest BCUT2D eigenvalue weighted by Crippen LogP contribution is -2.13. The summed E-state index contributed by atoms with van der Waals surface area (Å²) in [5.74, 6) is -0.525. The minimum Gasteiger partial charge on any atom is -0.397 e. The minimum absolute atomic E-state index is 0.0279. The van der Waals surface area contributed by atoms with E-state index in [1.807, 2.05) is 0 Å². The van der Waals surface area contributed by atoms with Crippen LogP contribution in [0.3, 0.4) is 0 Å². The second-order valence-electron chi connectivity index (χ2n) is 3.67. The fourth-order valence-electron chi connectivity index (χ4n) is 1.35. The van der Waals surface area contributed by atoms with E-state index >= 15 is 0 Å². The molecule has 3 N–H and O–H groups in total. The van der Waals surface area contributed by atoms with E-state index in [0.717, 1.165) is 24.3 Å². The predicted molar refractivity (Wildman–Crippen MR) is 70.9 cm³/mol. The fourth-order valence-corrected chi connectivity index (χ4v) is 2.62. The summed E-state index contributed by atoms with van der Waals surface area (Å²) in [6.07, 6.45) is 1.30. The molecule has 2 aromatic rings. The van der Waals surface area contributed by atoms with Gasteiger partial charge in [0.2, 0.25) is 0 Å². The molecule has 0 unspecified atom stereocenters. The molecule has 0 aliphatic carbocycles. The number of nitrogen functional groups attached to an aromatic ring is 1. The molecule has 1 aromatic carbocycles. The van der Waals surface area contributed by atoms with Crippen LogP contribution in [0.5, 0.6) is 0 Å². The van der Waals surface area contributed by atoms with Crippen LogP contribution in [0.2, 0.25) is 5.15 Å². The van der Waals surface area contributed by atoms with E-state index in [-0.39, 0.29) is 21.4 Å². The van der Waals surface area contributed by atoms with Crippen LogP contribution in [0.25, 0.3) is 0 Å². The van der Waals surface area contributed by atoms with E-state index in [4.69, 9.17) is 17.3 Å². The number of sulfonamides is 1. The van der Waals surface area contributed by atoms with E-state index in [2.05, 4.69) is 9.71 Å². The molecule has 2 rings (SSSR count). The standard InChI is InChI=1S/C11H9ClFN3O2S/c12-11-10(5-8(14)6-15-11)16-19(17,18)9-3-1-7(13)2-4-9/h1-6,16H,14H2. The van der Waals surface area contributed by atoms with Gasteiger partial charge in [-0.15, -0.1) is 0 Å². The Morgan fingerprint density at radius 3 is 2.53 bits per heavy atom. The molecule has 1 aromatic heterocycles. The smallest absolute Gasteiger partial charge is 0.261 e. The summed E-state index contributed by atoms with van der Waals surface area (Å²) in [5.41, 5.74) is 5.83. The second kappa shape index (κ2) is 5.02. The molecule has 0 saturated heterocycles. The van der Waals surface area contributed by atoms with Gasteiger partial charge in [-0.05, 0) is 30.3 Å². The third-order valence-electron chi connectivity index (χ3n) is 2.23. The first-order chi connectivity index (χ1) is 8.88. The topological polar surface area (TPSA) is 85.1 Å². The van der Waals surface area contributed by atoms with Gasteiger partial charge in [0.05, 0.1) is 22.5 Å². The number of nitrogens with zero attached hydrogens (tertiary/aromatic N) is 1. The van der Waals surface area contributed by atoms with Gasteiger partial charge in [0, 0.05) is 0 Å². The van der Waals surface area contributed by atoms with Crippen LogP contribution < -0.4 is 10.5 Å². The van der Waals surface area contributed by atoms with Gasteiger partial charge in [-0.2, -0.15) is 0 Å². The highest BCUT2D eigenvalue weighted by Crippen LogP contribution is 2.24. The normalized spacial score (nSPS) is 11.3. The van der Waals surface area contributed by atoms with Crippen LogP contribution in [-0.2, 0) is 10.0 Å². The van der Waals surface area contributed by atoms with Gasteiger partial charge in [-0.1, -0.05) is 11.6 Å². The monoisotopic (exact) mass is 301 g/mol. The van der Waals surface area contributed by atoms with Crippen molar-refractivity contribution in [3.05, 3.63) is 47.5 Å². The van der Waals surface area contributed by atoms with Gasteiger partial charge in [-0.3, -0.25) is 4.72 Å². The van der Waals surface area contributed by atoms with Crippen LogP contribution >= 0.6 is 11.6 Å². The van der Waals surface area contributed by atoms with Crippen molar-refractivity contribution in [3.63, 3.8) is 0 Å². The number of halogens is 2. The summed E-state index contributed by atoms with van der Waals surface area (Å²) >= 11 is 5.76. The van der Waals surface area contributed by atoms with Crippen LogP contribution in [0.4, 0.5) is 15.8 Å². The molecular formula is C11H9ClFN3O2S. The predicted octanol–water partition coefficient (Wildman–Crippen LogP) is 2.26. The van der Waals surface area contributed by atoms with Crippen molar-refractivity contribution in [1.29, 1.82) is 0 Å². The van der Waals surface area contributed by atoms with Crippen molar-refractivity contribution < 1.29 is 12.8 Å². The molecule has 0 radical (unpaired) electrons. The maximum absolute atomic E-state index is 12.8. The fraction of sp³-hybridized carbons (Fsp3) is 0. The van der Waals surface area contributed by atoms with Gasteiger partial charge < -0.3 is 5.73 Å². The lowest BCUT2D eigenvalue weighted by molar-refractivity contribution is 0.599. The number of rotatable bonds is 3. The maximum atomic E-state index is 12.8. The highest BCUT2D eigenvalue weighted by atomic mass is 35.5. The highest BCUT2D eigenvalue weighted by Gasteiger charge is 2.16. The summed E-state index contributed by atoms with van der Waals surface area (Å²) in [7, 11) is -3.87. The molecule has 0 spiro atoms. The average molecular weight is 302 g/mol. The summed E-state index contributed by atoms with van der Waals surface area (Å²) in [4.78, 5) is 3.63. The summed E-state index contributed by atoms with van der Waals surface area (Å²) in [6, 6.07) is 5.73. The highest BCUT2D eigenvalue weighted by molar-refractivity contribution is 7.92. The zero-order chi connectivity index (χ0) is 14.0. The molecule has 0 atom stereocenters. The first kappa shape index (κ1) is 13.6. The summed E-state index contributed by atoms with van der Waals surface area (Å²) < 4.78 is 39.0. The van der Waals surface area contributed by atoms with Crippen LogP contribution in [0.1, 0.15) is 0 Å². The Morgan fingerprint density at radius 1 is 1.26 bits per heavy atom. The van der Waals surface area contributed by atoms with Crippen molar-refractivity contribution in [2.24, 2.45) is 0 Å². The molecule has 0 saturated carbocycles. The second-order valence-corrected chi connectivity index (χ2v) is 5.71. The number of hydrogen-bond acceptors (Lipinski definition) is 4. The Labute approximate surface area is 114 Å². The lowest BCUT2D eigenvalue weighted by Gasteiger charge is -2.09. The first-order valence-electron chi connectivity index (χ1n) is 5.08. The van der Waals surface area contributed by atoms with Crippen molar-refractivity contribution in [2.75, 3.05) is 10.5 Å². The Balaban J connectivity index is 2.36. The number of aromatic nitrogens is 1. The largest absolute Gasteiger partial charge is 0.397 e.